The summed E-state index contributed by atoms with van der Waals surface area (Å²) in [6.07, 6.45) is 5.24. The summed E-state index contributed by atoms with van der Waals surface area (Å²) in [7, 11) is 0. The third-order valence-electron chi connectivity index (χ3n) is 5.17. The van der Waals surface area contributed by atoms with E-state index in [2.05, 4.69) is 10.6 Å². The molecule has 0 saturated carbocycles. The zero-order chi connectivity index (χ0) is 18.6. The van der Waals surface area contributed by atoms with Gasteiger partial charge in [0.15, 0.2) is 5.78 Å². The number of carbonyl (C=O) groups is 1. The van der Waals surface area contributed by atoms with E-state index in [1.165, 1.54) is 0 Å². The van der Waals surface area contributed by atoms with Crippen LogP contribution in [0.15, 0.2) is 72.9 Å². The van der Waals surface area contributed by atoms with Crippen LogP contribution in [0.3, 0.4) is 0 Å². The SMILES string of the molecule is NCCCCCn1cc(C(=O)c2cccc3ccccc23)c2ccccc21. The first-order chi connectivity index (χ1) is 13.3. The lowest BCUT2D eigenvalue weighted by Gasteiger charge is -2.05. The third kappa shape index (κ3) is 3.38. The molecule has 0 saturated heterocycles. The zero-order valence-corrected chi connectivity index (χ0v) is 15.4. The molecule has 3 heteroatoms. The summed E-state index contributed by atoms with van der Waals surface area (Å²) in [6, 6.07) is 22.2. The molecule has 0 unspecified atom stereocenters. The molecule has 0 aliphatic rings. The van der Waals surface area contributed by atoms with Crippen molar-refractivity contribution in [3.8, 4) is 0 Å². The fourth-order valence-corrected chi connectivity index (χ4v) is 3.78. The molecule has 0 bridgehead atoms. The Morgan fingerprint density at radius 3 is 2.37 bits per heavy atom. The Hall–Kier alpha value is -2.91. The predicted molar refractivity (Wildman–Crippen MR) is 112 cm³/mol. The van der Waals surface area contributed by atoms with Gasteiger partial charge in [0.1, 0.15) is 0 Å². The Bertz CT molecular complexity index is 1090. The standard InChI is InChI=1S/C24H24N2O/c25-15-6-1-7-16-26-17-22(20-12-4-5-14-23(20)26)24(27)21-13-8-10-18-9-2-3-11-19(18)21/h2-5,8-14,17H,1,6-7,15-16,25H2. The molecule has 3 aromatic carbocycles. The molecular formula is C24H24N2O. The summed E-state index contributed by atoms with van der Waals surface area (Å²) < 4.78 is 2.21. The van der Waals surface area contributed by atoms with Gasteiger partial charge in [-0.15, -0.1) is 0 Å². The lowest BCUT2D eigenvalue weighted by molar-refractivity contribution is 0.104. The second-order valence-electron chi connectivity index (χ2n) is 6.96. The highest BCUT2D eigenvalue weighted by atomic mass is 16.1. The van der Waals surface area contributed by atoms with Gasteiger partial charge in [-0.3, -0.25) is 4.79 Å². The minimum absolute atomic E-state index is 0.0868. The summed E-state index contributed by atoms with van der Waals surface area (Å²) in [4.78, 5) is 13.4. The Morgan fingerprint density at radius 1 is 0.778 bits per heavy atom. The van der Waals surface area contributed by atoms with Gasteiger partial charge in [-0.1, -0.05) is 67.1 Å². The van der Waals surface area contributed by atoms with Crippen molar-refractivity contribution < 1.29 is 4.79 Å². The molecule has 2 N–H and O–H groups in total. The van der Waals surface area contributed by atoms with Crippen molar-refractivity contribution in [2.45, 2.75) is 25.8 Å². The monoisotopic (exact) mass is 356 g/mol. The Kier molecular flexibility index (Phi) is 5.03. The summed E-state index contributed by atoms with van der Waals surface area (Å²) in [5.74, 6) is 0.0868. The molecular weight excluding hydrogens is 332 g/mol. The molecule has 0 aliphatic carbocycles. The molecule has 136 valence electrons. The molecule has 0 radical (unpaired) electrons. The van der Waals surface area contributed by atoms with E-state index in [1.807, 2.05) is 66.9 Å². The zero-order valence-electron chi connectivity index (χ0n) is 15.4. The number of para-hydroxylation sites is 1. The van der Waals surface area contributed by atoms with E-state index in [-0.39, 0.29) is 5.78 Å². The lowest BCUT2D eigenvalue weighted by Crippen LogP contribution is -2.02. The smallest absolute Gasteiger partial charge is 0.195 e. The van der Waals surface area contributed by atoms with E-state index in [0.29, 0.717) is 0 Å². The van der Waals surface area contributed by atoms with E-state index >= 15 is 0 Å². The van der Waals surface area contributed by atoms with Gasteiger partial charge in [-0.05, 0) is 36.2 Å². The molecule has 0 aliphatic heterocycles. The summed E-state index contributed by atoms with van der Waals surface area (Å²) in [5, 5.41) is 3.12. The number of ketones is 1. The first-order valence-corrected chi connectivity index (χ1v) is 9.60. The van der Waals surface area contributed by atoms with Crippen LogP contribution < -0.4 is 5.73 Å². The van der Waals surface area contributed by atoms with Crippen molar-refractivity contribution in [2.75, 3.05) is 6.54 Å². The van der Waals surface area contributed by atoms with E-state index in [1.54, 1.807) is 0 Å². The van der Waals surface area contributed by atoms with Crippen molar-refractivity contribution in [2.24, 2.45) is 5.73 Å². The predicted octanol–water partition coefficient (Wildman–Crippen LogP) is 5.15. The maximum atomic E-state index is 13.4. The van der Waals surface area contributed by atoms with Crippen LogP contribution in [-0.4, -0.2) is 16.9 Å². The molecule has 0 spiro atoms. The number of rotatable bonds is 7. The van der Waals surface area contributed by atoms with Crippen LogP contribution in [0.5, 0.6) is 0 Å². The molecule has 4 aromatic rings. The van der Waals surface area contributed by atoms with Crippen LogP contribution in [-0.2, 0) is 6.54 Å². The van der Waals surface area contributed by atoms with E-state index in [9.17, 15) is 4.79 Å². The number of nitrogens with two attached hydrogens (primary N) is 1. The number of hydrogen-bond acceptors (Lipinski definition) is 2. The normalized spacial score (nSPS) is 11.3. The molecule has 1 aromatic heterocycles. The van der Waals surface area contributed by atoms with Crippen LogP contribution >= 0.6 is 0 Å². The average molecular weight is 356 g/mol. The highest BCUT2D eigenvalue weighted by molar-refractivity contribution is 6.21. The maximum absolute atomic E-state index is 13.4. The number of hydrogen-bond donors (Lipinski definition) is 1. The molecule has 3 nitrogen and oxygen atoms in total. The third-order valence-corrected chi connectivity index (χ3v) is 5.17. The summed E-state index contributed by atoms with van der Waals surface area (Å²) in [6.45, 7) is 1.64. The lowest BCUT2D eigenvalue weighted by atomic mass is 9.97. The van der Waals surface area contributed by atoms with Crippen LogP contribution in [0.1, 0.15) is 35.2 Å². The Morgan fingerprint density at radius 2 is 1.52 bits per heavy atom. The van der Waals surface area contributed by atoms with Gasteiger partial charge in [0, 0.05) is 34.8 Å². The molecule has 0 amide bonds. The minimum Gasteiger partial charge on any atom is -0.347 e. The van der Waals surface area contributed by atoms with E-state index in [4.69, 9.17) is 5.73 Å². The molecule has 4 rings (SSSR count). The van der Waals surface area contributed by atoms with Crippen LogP contribution in [0.2, 0.25) is 0 Å². The van der Waals surface area contributed by atoms with Crippen LogP contribution in [0.4, 0.5) is 0 Å². The highest BCUT2D eigenvalue weighted by Crippen LogP contribution is 2.27. The quantitative estimate of drug-likeness (QED) is 0.367. The topological polar surface area (TPSA) is 48.0 Å². The fourth-order valence-electron chi connectivity index (χ4n) is 3.78. The molecule has 27 heavy (non-hydrogen) atoms. The minimum atomic E-state index is 0.0868. The van der Waals surface area contributed by atoms with E-state index in [0.717, 1.165) is 65.2 Å². The Labute approximate surface area is 159 Å². The van der Waals surface area contributed by atoms with Gasteiger partial charge in [0.25, 0.3) is 0 Å². The van der Waals surface area contributed by atoms with Crippen LogP contribution in [0.25, 0.3) is 21.7 Å². The van der Waals surface area contributed by atoms with Gasteiger partial charge in [0.05, 0.1) is 0 Å². The Balaban J connectivity index is 1.75. The fraction of sp³-hybridized carbons (Fsp3) is 0.208. The first kappa shape index (κ1) is 17.5. The van der Waals surface area contributed by atoms with Gasteiger partial charge in [-0.2, -0.15) is 0 Å². The summed E-state index contributed by atoms with van der Waals surface area (Å²) in [5.41, 5.74) is 8.26. The van der Waals surface area contributed by atoms with Gasteiger partial charge < -0.3 is 10.3 Å². The number of unbranched alkanes of at least 4 members (excludes halogenated alkanes) is 2. The number of benzene rings is 3. The van der Waals surface area contributed by atoms with Crippen molar-refractivity contribution in [1.82, 2.24) is 4.57 Å². The van der Waals surface area contributed by atoms with Gasteiger partial charge >= 0.3 is 0 Å². The van der Waals surface area contributed by atoms with E-state index < -0.39 is 0 Å². The summed E-state index contributed by atoms with van der Waals surface area (Å²) >= 11 is 0. The van der Waals surface area contributed by atoms with Crippen molar-refractivity contribution in [3.63, 3.8) is 0 Å². The van der Waals surface area contributed by atoms with Crippen molar-refractivity contribution in [3.05, 3.63) is 84.1 Å². The second-order valence-corrected chi connectivity index (χ2v) is 6.96. The highest BCUT2D eigenvalue weighted by Gasteiger charge is 2.18. The number of nitrogens with zero attached hydrogens (tertiary/aromatic N) is 1. The maximum Gasteiger partial charge on any atom is 0.195 e. The average Bonchev–Trinajstić information content (AvgIpc) is 3.09. The van der Waals surface area contributed by atoms with Crippen molar-refractivity contribution in [1.29, 1.82) is 0 Å². The largest absolute Gasteiger partial charge is 0.347 e. The first-order valence-electron chi connectivity index (χ1n) is 9.60. The van der Waals surface area contributed by atoms with Crippen LogP contribution in [0, 0.1) is 0 Å². The molecule has 0 atom stereocenters. The number of carbonyl (C=O) groups excluding carboxylic acids is 1. The molecule has 0 fully saturated rings. The van der Waals surface area contributed by atoms with Crippen molar-refractivity contribution >= 4 is 27.5 Å². The second kappa shape index (κ2) is 7.77. The van der Waals surface area contributed by atoms with Gasteiger partial charge in [0.2, 0.25) is 0 Å². The number of aromatic nitrogens is 1. The number of aryl methyl sites for hydroxylation is 1. The molecule has 1 heterocycles. The number of fused-ring (bicyclic) bond motifs is 2. The van der Waals surface area contributed by atoms with Gasteiger partial charge in [-0.25, -0.2) is 0 Å².